The molecule has 0 radical (unpaired) electrons. The van der Waals surface area contributed by atoms with Crippen molar-refractivity contribution in [1.82, 2.24) is 18.7 Å². The molecule has 0 fully saturated rings. The van der Waals surface area contributed by atoms with E-state index in [1.807, 2.05) is 0 Å². The fourth-order valence-corrected chi connectivity index (χ4v) is 2.12. The number of hydrogen-bond donors (Lipinski definition) is 1. The third kappa shape index (κ3) is 1.67. The van der Waals surface area contributed by atoms with Crippen molar-refractivity contribution in [1.29, 1.82) is 0 Å². The van der Waals surface area contributed by atoms with Crippen molar-refractivity contribution in [3.05, 3.63) is 26.7 Å². The van der Waals surface area contributed by atoms with Crippen LogP contribution in [0.3, 0.4) is 0 Å². The summed E-state index contributed by atoms with van der Waals surface area (Å²) >= 11 is 0. The molecule has 0 aliphatic carbocycles. The molecular weight excluding hydrogens is 252 g/mol. The first-order valence-electron chi connectivity index (χ1n) is 5.87. The highest BCUT2D eigenvalue weighted by atomic mass is 16.4. The molecule has 0 aliphatic rings. The number of nitrogens with zero attached hydrogens (tertiary/aromatic N) is 4. The molecule has 2 aromatic heterocycles. The number of fused-ring (bicyclic) bond motifs is 1. The Labute approximate surface area is 107 Å². The zero-order valence-electron chi connectivity index (χ0n) is 10.9. The molecule has 0 atom stereocenters. The molecule has 19 heavy (non-hydrogen) atoms. The Kier molecular flexibility index (Phi) is 3.01. The van der Waals surface area contributed by atoms with Crippen molar-refractivity contribution >= 4 is 17.1 Å². The van der Waals surface area contributed by atoms with E-state index in [4.69, 9.17) is 5.11 Å². The average Bonchev–Trinajstić information content (AvgIpc) is 2.68. The van der Waals surface area contributed by atoms with E-state index in [1.54, 1.807) is 13.8 Å². The summed E-state index contributed by atoms with van der Waals surface area (Å²) in [5, 5.41) is 9.04. The Balaban J connectivity index is 3.10. The first-order valence-corrected chi connectivity index (χ1v) is 5.87. The molecule has 0 bridgehead atoms. The molecule has 2 aromatic rings. The van der Waals surface area contributed by atoms with Crippen LogP contribution in [0.4, 0.5) is 0 Å². The second-order valence-electron chi connectivity index (χ2n) is 4.05. The third-order valence-corrected chi connectivity index (χ3v) is 3.07. The van der Waals surface area contributed by atoms with E-state index in [-0.39, 0.29) is 23.5 Å². The van der Waals surface area contributed by atoms with Crippen molar-refractivity contribution in [3.63, 3.8) is 0 Å². The zero-order valence-corrected chi connectivity index (χ0v) is 10.9. The first-order chi connectivity index (χ1) is 8.93. The van der Waals surface area contributed by atoms with Gasteiger partial charge in [0, 0.05) is 20.1 Å². The van der Waals surface area contributed by atoms with Gasteiger partial charge in [-0.1, -0.05) is 0 Å². The molecule has 1 N–H and O–H groups in total. The highest BCUT2D eigenvalue weighted by Gasteiger charge is 2.21. The second-order valence-corrected chi connectivity index (χ2v) is 4.05. The Morgan fingerprint density at radius 3 is 2.26 bits per heavy atom. The quantitative estimate of drug-likeness (QED) is 0.817. The zero-order chi connectivity index (χ0) is 14.3. The van der Waals surface area contributed by atoms with Gasteiger partial charge in [-0.15, -0.1) is 0 Å². The van der Waals surface area contributed by atoms with Crippen LogP contribution in [-0.2, 0) is 20.1 Å². The summed E-state index contributed by atoms with van der Waals surface area (Å²) in [7, 11) is 1.45. The molecule has 0 aliphatic heterocycles. The largest absolute Gasteiger partial charge is 0.475 e. The maximum Gasteiger partial charge on any atom is 0.372 e. The summed E-state index contributed by atoms with van der Waals surface area (Å²) in [4.78, 5) is 39.2. The van der Waals surface area contributed by atoms with Gasteiger partial charge in [0.05, 0.1) is 0 Å². The lowest BCUT2D eigenvalue weighted by Crippen LogP contribution is -2.39. The predicted octanol–water partition coefficient (Wildman–Crippen LogP) is -0.365. The molecule has 0 saturated heterocycles. The summed E-state index contributed by atoms with van der Waals surface area (Å²) in [6.07, 6.45) is 0. The van der Waals surface area contributed by atoms with Crippen molar-refractivity contribution < 1.29 is 9.90 Å². The van der Waals surface area contributed by atoms with E-state index in [2.05, 4.69) is 4.98 Å². The maximum atomic E-state index is 12.2. The second kappa shape index (κ2) is 4.38. The Bertz CT molecular complexity index is 781. The van der Waals surface area contributed by atoms with E-state index >= 15 is 0 Å². The highest BCUT2D eigenvalue weighted by molar-refractivity contribution is 5.88. The molecular formula is C11H14N4O4. The summed E-state index contributed by atoms with van der Waals surface area (Å²) in [5.74, 6) is -1.50. The molecule has 8 nitrogen and oxygen atoms in total. The number of aromatic nitrogens is 4. The van der Waals surface area contributed by atoms with Gasteiger partial charge in [-0.3, -0.25) is 13.9 Å². The normalized spacial score (nSPS) is 11.1. The minimum atomic E-state index is -1.24. The van der Waals surface area contributed by atoms with Gasteiger partial charge in [0.1, 0.15) is 0 Å². The van der Waals surface area contributed by atoms with Crippen LogP contribution in [-0.4, -0.2) is 29.8 Å². The number of aromatic carboxylic acids is 1. The van der Waals surface area contributed by atoms with E-state index in [9.17, 15) is 14.4 Å². The molecule has 8 heteroatoms. The first kappa shape index (κ1) is 13.1. The lowest BCUT2D eigenvalue weighted by molar-refractivity contribution is 0.0680. The smallest absolute Gasteiger partial charge is 0.372 e. The number of aryl methyl sites for hydroxylation is 2. The minimum absolute atomic E-state index is 0.113. The van der Waals surface area contributed by atoms with Crippen molar-refractivity contribution in [2.45, 2.75) is 26.9 Å². The number of carbonyl (C=O) groups is 1. The SMILES string of the molecule is CCn1c(=O)c2c(nc(C(=O)O)n2C)n(CC)c1=O. The van der Waals surface area contributed by atoms with Crippen molar-refractivity contribution in [3.8, 4) is 0 Å². The number of carboxylic acids is 1. The topological polar surface area (TPSA) is 99.1 Å². The molecule has 0 saturated carbocycles. The standard InChI is InChI=1S/C11H14N4O4/c1-4-14-7-6(9(16)15(5-2)11(14)19)13(3)8(12-7)10(17)18/h4-5H2,1-3H3,(H,17,18). The summed E-state index contributed by atoms with van der Waals surface area (Å²) in [5.41, 5.74) is -0.755. The van der Waals surface area contributed by atoms with E-state index in [1.165, 1.54) is 16.2 Å². The van der Waals surface area contributed by atoms with Gasteiger partial charge in [0.25, 0.3) is 5.56 Å². The number of rotatable bonds is 3. The average molecular weight is 266 g/mol. The third-order valence-electron chi connectivity index (χ3n) is 3.07. The van der Waals surface area contributed by atoms with Crippen LogP contribution in [0.15, 0.2) is 9.59 Å². The molecule has 2 rings (SSSR count). The molecule has 0 aromatic carbocycles. The number of carboxylic acid groups (broad SMARTS) is 1. The minimum Gasteiger partial charge on any atom is -0.475 e. The van der Waals surface area contributed by atoms with Crippen LogP contribution < -0.4 is 11.2 Å². The Morgan fingerprint density at radius 1 is 1.21 bits per heavy atom. The number of imidazole rings is 1. The van der Waals surface area contributed by atoms with Gasteiger partial charge in [0.15, 0.2) is 11.2 Å². The Hall–Kier alpha value is -2.38. The summed E-state index contributed by atoms with van der Waals surface area (Å²) < 4.78 is 3.57. The van der Waals surface area contributed by atoms with Gasteiger partial charge in [-0.05, 0) is 13.8 Å². The van der Waals surface area contributed by atoms with Gasteiger partial charge in [-0.2, -0.15) is 0 Å². The molecule has 0 spiro atoms. The summed E-state index contributed by atoms with van der Waals surface area (Å²) in [6, 6.07) is 0. The van der Waals surface area contributed by atoms with Crippen LogP contribution in [0.2, 0.25) is 0 Å². The van der Waals surface area contributed by atoms with E-state index < -0.39 is 17.2 Å². The van der Waals surface area contributed by atoms with Gasteiger partial charge >= 0.3 is 11.7 Å². The van der Waals surface area contributed by atoms with Crippen LogP contribution >= 0.6 is 0 Å². The molecule has 0 amide bonds. The van der Waals surface area contributed by atoms with E-state index in [0.29, 0.717) is 6.54 Å². The molecule has 2 heterocycles. The van der Waals surface area contributed by atoms with Crippen LogP contribution in [0.25, 0.3) is 11.2 Å². The monoisotopic (exact) mass is 266 g/mol. The van der Waals surface area contributed by atoms with E-state index in [0.717, 1.165) is 4.57 Å². The lowest BCUT2D eigenvalue weighted by atomic mass is 10.4. The van der Waals surface area contributed by atoms with Gasteiger partial charge in [-0.25, -0.2) is 14.6 Å². The number of hydrogen-bond acceptors (Lipinski definition) is 4. The van der Waals surface area contributed by atoms with Crippen molar-refractivity contribution in [2.24, 2.45) is 7.05 Å². The lowest BCUT2D eigenvalue weighted by Gasteiger charge is -2.07. The molecule has 0 unspecified atom stereocenters. The summed E-state index contributed by atoms with van der Waals surface area (Å²) in [6.45, 7) is 3.95. The van der Waals surface area contributed by atoms with Gasteiger partial charge < -0.3 is 9.67 Å². The van der Waals surface area contributed by atoms with Crippen LogP contribution in [0, 0.1) is 0 Å². The highest BCUT2D eigenvalue weighted by Crippen LogP contribution is 2.09. The molecule has 102 valence electrons. The van der Waals surface area contributed by atoms with Crippen LogP contribution in [0.5, 0.6) is 0 Å². The fourth-order valence-electron chi connectivity index (χ4n) is 2.12. The maximum absolute atomic E-state index is 12.2. The van der Waals surface area contributed by atoms with Crippen molar-refractivity contribution in [2.75, 3.05) is 0 Å². The van der Waals surface area contributed by atoms with Crippen LogP contribution in [0.1, 0.15) is 24.5 Å². The van der Waals surface area contributed by atoms with Gasteiger partial charge in [0.2, 0.25) is 5.82 Å². The Morgan fingerprint density at radius 2 is 1.79 bits per heavy atom. The predicted molar refractivity (Wildman–Crippen MR) is 67.5 cm³/mol. The fraction of sp³-hybridized carbons (Fsp3) is 0.455.